The molecule has 0 radical (unpaired) electrons. The molecule has 1 heterocycles. The van der Waals surface area contributed by atoms with Crippen LogP contribution in [0.15, 0.2) is 77.5 Å². The predicted octanol–water partition coefficient (Wildman–Crippen LogP) is 7.32. The lowest BCUT2D eigenvalue weighted by Gasteiger charge is -2.14. The van der Waals surface area contributed by atoms with Crippen molar-refractivity contribution in [3.63, 3.8) is 0 Å². The molecule has 3 aromatic rings. The Kier molecular flexibility index (Phi) is 9.13. The van der Waals surface area contributed by atoms with Gasteiger partial charge in [-0.3, -0.25) is 4.79 Å². The van der Waals surface area contributed by atoms with Crippen LogP contribution in [-0.4, -0.2) is 13.1 Å². The summed E-state index contributed by atoms with van der Waals surface area (Å²) in [7, 11) is 1.43. The topological polar surface area (TPSA) is 35.5 Å². The van der Waals surface area contributed by atoms with E-state index in [1.165, 1.54) is 18.2 Å². The molecular formula is C30H32O3S. The number of benzene rings is 2. The number of esters is 1. The summed E-state index contributed by atoms with van der Waals surface area (Å²) in [5.74, 6) is 6.52. The second-order valence-electron chi connectivity index (χ2n) is 9.23. The molecule has 0 aliphatic carbocycles. The molecular weight excluding hydrogens is 440 g/mol. The average Bonchev–Trinajstić information content (AvgIpc) is 3.36. The van der Waals surface area contributed by atoms with Gasteiger partial charge in [0.2, 0.25) is 0 Å². The van der Waals surface area contributed by atoms with Crippen molar-refractivity contribution in [3.8, 4) is 28.7 Å². The van der Waals surface area contributed by atoms with Gasteiger partial charge < -0.3 is 9.47 Å². The fraction of sp³-hybridized carbons (Fsp3) is 0.300. The molecule has 3 nitrogen and oxygen atoms in total. The molecule has 0 aliphatic heterocycles. The first-order valence-corrected chi connectivity index (χ1v) is 12.4. The third kappa shape index (κ3) is 8.24. The Bertz CT molecular complexity index is 1160. The zero-order valence-electron chi connectivity index (χ0n) is 20.3. The van der Waals surface area contributed by atoms with Crippen LogP contribution in [-0.2, 0) is 22.6 Å². The number of rotatable bonds is 9. The lowest BCUT2D eigenvalue weighted by molar-refractivity contribution is -0.145. The van der Waals surface area contributed by atoms with Gasteiger partial charge in [-0.25, -0.2) is 0 Å². The maximum Gasteiger partial charge on any atom is 0.309 e. The predicted molar refractivity (Wildman–Crippen MR) is 141 cm³/mol. The highest BCUT2D eigenvalue weighted by molar-refractivity contribution is 7.08. The van der Waals surface area contributed by atoms with E-state index in [0.717, 1.165) is 16.9 Å². The molecule has 3 rings (SSSR count). The third-order valence-corrected chi connectivity index (χ3v) is 5.85. The minimum atomic E-state index is -0.268. The summed E-state index contributed by atoms with van der Waals surface area (Å²) in [6.07, 6.45) is 4.92. The van der Waals surface area contributed by atoms with Crippen molar-refractivity contribution < 1.29 is 14.3 Å². The molecule has 0 fully saturated rings. The van der Waals surface area contributed by atoms with Gasteiger partial charge >= 0.3 is 5.97 Å². The van der Waals surface area contributed by atoms with E-state index >= 15 is 0 Å². The third-order valence-electron chi connectivity index (χ3n) is 5.17. The monoisotopic (exact) mass is 472 g/mol. The molecule has 1 atom stereocenters. The van der Waals surface area contributed by atoms with E-state index in [2.05, 4.69) is 73.7 Å². The standard InChI is InChI=1S/C30H32O3S/c1-30(2,3)16-7-5-6-12-26(29(31)32-4)18-23-10-9-14-28(20-23)33-21-24-11-8-13-25(19-24)27-15-17-34-22-27/h5-6,8-11,13-15,17,19-20,22,26H,12,18,21H2,1-4H3/b6-5+. The van der Waals surface area contributed by atoms with Crippen LogP contribution >= 0.6 is 11.3 Å². The van der Waals surface area contributed by atoms with Crippen molar-refractivity contribution in [1.29, 1.82) is 0 Å². The Morgan fingerprint density at radius 2 is 1.85 bits per heavy atom. The van der Waals surface area contributed by atoms with Crippen LogP contribution in [0.2, 0.25) is 0 Å². The van der Waals surface area contributed by atoms with E-state index in [1.807, 2.05) is 36.4 Å². The summed E-state index contributed by atoms with van der Waals surface area (Å²) in [6, 6.07) is 18.5. The first-order chi connectivity index (χ1) is 16.3. The van der Waals surface area contributed by atoms with Crippen LogP contribution in [0.25, 0.3) is 11.1 Å². The molecule has 176 valence electrons. The van der Waals surface area contributed by atoms with Crippen LogP contribution in [0.5, 0.6) is 5.75 Å². The summed E-state index contributed by atoms with van der Waals surface area (Å²) < 4.78 is 11.1. The normalized spacial score (nSPS) is 12.1. The summed E-state index contributed by atoms with van der Waals surface area (Å²) in [5, 5.41) is 4.23. The van der Waals surface area contributed by atoms with Gasteiger partial charge in [0, 0.05) is 5.41 Å². The maximum absolute atomic E-state index is 12.3. The minimum Gasteiger partial charge on any atom is -0.489 e. The molecule has 0 saturated carbocycles. The highest BCUT2D eigenvalue weighted by atomic mass is 32.1. The van der Waals surface area contributed by atoms with Gasteiger partial charge in [0.05, 0.1) is 13.0 Å². The SMILES string of the molecule is COC(=O)C(C/C=C/C#CC(C)(C)C)Cc1cccc(OCc2cccc(-c3ccsc3)c2)c1. The number of methoxy groups -OCH3 is 1. The Morgan fingerprint density at radius 1 is 1.06 bits per heavy atom. The van der Waals surface area contributed by atoms with Gasteiger partial charge in [-0.1, -0.05) is 48.2 Å². The van der Waals surface area contributed by atoms with Crippen molar-refractivity contribution >= 4 is 17.3 Å². The highest BCUT2D eigenvalue weighted by Gasteiger charge is 2.18. The molecule has 0 spiro atoms. The van der Waals surface area contributed by atoms with Gasteiger partial charge in [-0.05, 0) is 97.0 Å². The largest absolute Gasteiger partial charge is 0.489 e. The number of carbonyl (C=O) groups is 1. The van der Waals surface area contributed by atoms with E-state index in [1.54, 1.807) is 11.3 Å². The second kappa shape index (κ2) is 12.3. The smallest absolute Gasteiger partial charge is 0.309 e. The van der Waals surface area contributed by atoms with Crippen molar-refractivity contribution in [3.05, 3.63) is 88.6 Å². The highest BCUT2D eigenvalue weighted by Crippen LogP contribution is 2.24. The summed E-state index contributed by atoms with van der Waals surface area (Å²) in [4.78, 5) is 12.3. The fourth-order valence-electron chi connectivity index (χ4n) is 3.46. The zero-order chi connectivity index (χ0) is 24.4. The first-order valence-electron chi connectivity index (χ1n) is 11.4. The summed E-state index contributed by atoms with van der Waals surface area (Å²) >= 11 is 1.69. The minimum absolute atomic E-state index is 0.0439. The van der Waals surface area contributed by atoms with Gasteiger partial charge in [0.25, 0.3) is 0 Å². The zero-order valence-corrected chi connectivity index (χ0v) is 21.2. The Labute approximate surface area is 207 Å². The van der Waals surface area contributed by atoms with Crippen LogP contribution in [0, 0.1) is 23.2 Å². The molecule has 2 aromatic carbocycles. The molecule has 0 amide bonds. The lowest BCUT2D eigenvalue weighted by Crippen LogP contribution is -2.18. The van der Waals surface area contributed by atoms with Gasteiger partial charge in [0.15, 0.2) is 0 Å². The number of ether oxygens (including phenoxy) is 2. The molecule has 0 aliphatic rings. The Morgan fingerprint density at radius 3 is 2.59 bits per heavy atom. The van der Waals surface area contributed by atoms with Crippen LogP contribution in [0.1, 0.15) is 38.3 Å². The molecule has 4 heteroatoms. The number of hydrogen-bond acceptors (Lipinski definition) is 4. The quantitative estimate of drug-likeness (QED) is 0.242. The maximum atomic E-state index is 12.3. The van der Waals surface area contributed by atoms with Gasteiger partial charge in [-0.15, -0.1) is 0 Å². The van der Waals surface area contributed by atoms with Crippen molar-refractivity contribution in [2.75, 3.05) is 7.11 Å². The van der Waals surface area contributed by atoms with Crippen molar-refractivity contribution in [2.45, 2.75) is 40.2 Å². The summed E-state index contributed by atoms with van der Waals surface area (Å²) in [5.41, 5.74) is 4.52. The second-order valence-corrected chi connectivity index (χ2v) is 10.0. The average molecular weight is 473 g/mol. The molecule has 1 unspecified atom stereocenters. The molecule has 0 saturated heterocycles. The van der Waals surface area contributed by atoms with E-state index < -0.39 is 0 Å². The summed E-state index contributed by atoms with van der Waals surface area (Å²) in [6.45, 7) is 6.69. The van der Waals surface area contributed by atoms with Crippen molar-refractivity contribution in [1.82, 2.24) is 0 Å². The van der Waals surface area contributed by atoms with Crippen molar-refractivity contribution in [2.24, 2.45) is 11.3 Å². The Hall–Kier alpha value is -3.29. The van der Waals surface area contributed by atoms with Crippen LogP contribution in [0.4, 0.5) is 0 Å². The van der Waals surface area contributed by atoms with E-state index in [9.17, 15) is 4.79 Å². The number of carbonyl (C=O) groups excluding carboxylic acids is 1. The molecule has 1 aromatic heterocycles. The lowest BCUT2D eigenvalue weighted by atomic mass is 9.95. The van der Waals surface area contributed by atoms with Gasteiger partial charge in [-0.2, -0.15) is 11.3 Å². The number of allylic oxidation sites excluding steroid dienone is 2. The first kappa shape index (κ1) is 25.3. The van der Waals surface area contributed by atoms with E-state index in [-0.39, 0.29) is 17.3 Å². The molecule has 34 heavy (non-hydrogen) atoms. The van der Waals surface area contributed by atoms with Crippen LogP contribution < -0.4 is 4.74 Å². The number of hydrogen-bond donors (Lipinski definition) is 0. The van der Waals surface area contributed by atoms with E-state index in [4.69, 9.17) is 9.47 Å². The van der Waals surface area contributed by atoms with Crippen LogP contribution in [0.3, 0.4) is 0 Å². The van der Waals surface area contributed by atoms with E-state index in [0.29, 0.717) is 19.4 Å². The fourth-order valence-corrected chi connectivity index (χ4v) is 4.13. The van der Waals surface area contributed by atoms with Gasteiger partial charge in [0.1, 0.15) is 12.4 Å². The Balaban J connectivity index is 1.62. The number of thiophene rings is 1. The molecule has 0 N–H and O–H groups in total. The molecule has 0 bridgehead atoms.